The van der Waals surface area contributed by atoms with E-state index in [-0.39, 0.29) is 33.9 Å². The SMILES string of the molecule is O=C1c2oc3ccc(F)cc3c(=O)c2[C@H](c2cccc(O)c2)N1CCCN1CCOCC1. The molecule has 166 valence electrons. The van der Waals surface area contributed by atoms with E-state index in [1.165, 1.54) is 24.3 Å². The summed E-state index contributed by atoms with van der Waals surface area (Å²) in [4.78, 5) is 30.6. The third-order valence-electron chi connectivity index (χ3n) is 6.09. The molecule has 1 aromatic heterocycles. The number of halogens is 1. The van der Waals surface area contributed by atoms with Crippen LogP contribution in [-0.2, 0) is 4.74 Å². The second-order valence-corrected chi connectivity index (χ2v) is 8.12. The van der Waals surface area contributed by atoms with Crippen molar-refractivity contribution in [2.75, 3.05) is 39.4 Å². The van der Waals surface area contributed by atoms with Crippen molar-refractivity contribution >= 4 is 16.9 Å². The molecule has 3 heterocycles. The van der Waals surface area contributed by atoms with Crippen LogP contribution in [-0.4, -0.2) is 60.2 Å². The van der Waals surface area contributed by atoms with Crippen molar-refractivity contribution in [2.24, 2.45) is 0 Å². The van der Waals surface area contributed by atoms with E-state index in [1.807, 2.05) is 0 Å². The van der Waals surface area contributed by atoms with Crippen LogP contribution in [0.4, 0.5) is 4.39 Å². The minimum absolute atomic E-state index is 0.0196. The number of ether oxygens (including phenoxy) is 1. The summed E-state index contributed by atoms with van der Waals surface area (Å²) in [5.41, 5.74) is 0.531. The van der Waals surface area contributed by atoms with Gasteiger partial charge in [0.05, 0.1) is 30.2 Å². The minimum atomic E-state index is -0.710. The van der Waals surface area contributed by atoms with Crippen molar-refractivity contribution in [2.45, 2.75) is 12.5 Å². The predicted octanol–water partition coefficient (Wildman–Crippen LogP) is 2.91. The Balaban J connectivity index is 1.54. The number of rotatable bonds is 5. The Morgan fingerprint density at radius 2 is 1.88 bits per heavy atom. The number of morpholine rings is 1. The van der Waals surface area contributed by atoms with Crippen LogP contribution in [0.15, 0.2) is 51.7 Å². The van der Waals surface area contributed by atoms with Gasteiger partial charge in [-0.05, 0) is 42.3 Å². The smallest absolute Gasteiger partial charge is 0.290 e. The normalized spacial score (nSPS) is 19.0. The van der Waals surface area contributed by atoms with Gasteiger partial charge in [0.2, 0.25) is 5.76 Å². The lowest BCUT2D eigenvalue weighted by Crippen LogP contribution is -2.38. The van der Waals surface area contributed by atoms with Gasteiger partial charge < -0.3 is 19.2 Å². The Hall–Kier alpha value is -3.23. The highest BCUT2D eigenvalue weighted by atomic mass is 19.1. The van der Waals surface area contributed by atoms with Crippen LogP contribution < -0.4 is 5.43 Å². The zero-order valence-electron chi connectivity index (χ0n) is 17.4. The molecule has 0 spiro atoms. The molecule has 0 radical (unpaired) electrons. The second-order valence-electron chi connectivity index (χ2n) is 8.12. The van der Waals surface area contributed by atoms with E-state index in [0.717, 1.165) is 25.7 Å². The molecule has 1 fully saturated rings. The fourth-order valence-electron chi connectivity index (χ4n) is 4.55. The molecule has 0 saturated carbocycles. The average molecular weight is 438 g/mol. The van der Waals surface area contributed by atoms with Crippen LogP contribution in [0.5, 0.6) is 5.75 Å². The lowest BCUT2D eigenvalue weighted by molar-refractivity contribution is 0.0353. The summed E-state index contributed by atoms with van der Waals surface area (Å²) in [6.07, 6.45) is 0.706. The molecule has 5 rings (SSSR count). The van der Waals surface area contributed by atoms with E-state index in [1.54, 1.807) is 17.0 Å². The van der Waals surface area contributed by atoms with Gasteiger partial charge in [-0.2, -0.15) is 0 Å². The number of hydrogen-bond donors (Lipinski definition) is 1. The molecule has 1 amide bonds. The summed E-state index contributed by atoms with van der Waals surface area (Å²) in [6, 6.07) is 9.48. The van der Waals surface area contributed by atoms with E-state index < -0.39 is 17.3 Å². The largest absolute Gasteiger partial charge is 0.508 e. The van der Waals surface area contributed by atoms with Crippen molar-refractivity contribution in [3.8, 4) is 5.75 Å². The monoisotopic (exact) mass is 438 g/mol. The van der Waals surface area contributed by atoms with Crippen LogP contribution in [0.1, 0.15) is 34.1 Å². The fraction of sp³-hybridized carbons (Fsp3) is 0.333. The molecule has 0 aliphatic carbocycles. The number of hydrogen-bond acceptors (Lipinski definition) is 6. The highest BCUT2D eigenvalue weighted by molar-refractivity contribution is 5.99. The molecular weight excluding hydrogens is 415 g/mol. The first-order valence-electron chi connectivity index (χ1n) is 10.7. The van der Waals surface area contributed by atoms with Gasteiger partial charge in [0.1, 0.15) is 17.1 Å². The number of amides is 1. The highest BCUT2D eigenvalue weighted by Gasteiger charge is 2.42. The van der Waals surface area contributed by atoms with Gasteiger partial charge in [-0.15, -0.1) is 0 Å². The summed E-state index contributed by atoms with van der Waals surface area (Å²) in [5, 5.41) is 10.1. The summed E-state index contributed by atoms with van der Waals surface area (Å²) in [6.45, 7) is 4.29. The van der Waals surface area contributed by atoms with Gasteiger partial charge in [-0.3, -0.25) is 14.5 Å². The standard InChI is InChI=1S/C24H23FN2O5/c25-16-5-6-19-18(14-16)22(29)20-21(15-3-1-4-17(28)13-15)27(24(30)23(20)32-19)8-2-7-26-9-11-31-12-10-26/h1,3-6,13-14,21,28H,2,7-12H2/t21-/m0/s1. The average Bonchev–Trinajstić information content (AvgIpc) is 3.07. The van der Waals surface area contributed by atoms with Gasteiger partial charge in [-0.1, -0.05) is 12.1 Å². The predicted molar refractivity (Wildman–Crippen MR) is 115 cm³/mol. The van der Waals surface area contributed by atoms with Crippen molar-refractivity contribution in [3.63, 3.8) is 0 Å². The van der Waals surface area contributed by atoms with Gasteiger partial charge in [0.25, 0.3) is 5.91 Å². The van der Waals surface area contributed by atoms with Crippen LogP contribution >= 0.6 is 0 Å². The Morgan fingerprint density at radius 3 is 2.66 bits per heavy atom. The molecule has 1 saturated heterocycles. The number of fused-ring (bicyclic) bond motifs is 2. The Bertz CT molecular complexity index is 1230. The Kier molecular flexibility index (Phi) is 5.40. The third-order valence-corrected chi connectivity index (χ3v) is 6.09. The molecule has 2 aromatic carbocycles. The summed E-state index contributed by atoms with van der Waals surface area (Å²) < 4.78 is 25.0. The maximum atomic E-state index is 13.8. The molecule has 0 unspecified atom stereocenters. The van der Waals surface area contributed by atoms with E-state index in [0.29, 0.717) is 31.7 Å². The van der Waals surface area contributed by atoms with Gasteiger partial charge in [0.15, 0.2) is 5.43 Å². The molecule has 32 heavy (non-hydrogen) atoms. The maximum Gasteiger partial charge on any atom is 0.290 e. The van der Waals surface area contributed by atoms with Crippen molar-refractivity contribution in [1.82, 2.24) is 9.80 Å². The number of phenols is 1. The van der Waals surface area contributed by atoms with E-state index in [4.69, 9.17) is 9.15 Å². The second kappa shape index (κ2) is 8.37. The number of aromatic hydroxyl groups is 1. The van der Waals surface area contributed by atoms with E-state index in [2.05, 4.69) is 4.90 Å². The quantitative estimate of drug-likeness (QED) is 0.660. The summed E-state index contributed by atoms with van der Waals surface area (Å²) in [7, 11) is 0. The first-order valence-corrected chi connectivity index (χ1v) is 10.7. The molecule has 8 heteroatoms. The van der Waals surface area contributed by atoms with Crippen LogP contribution in [0.3, 0.4) is 0 Å². The van der Waals surface area contributed by atoms with Crippen LogP contribution in [0.2, 0.25) is 0 Å². The lowest BCUT2D eigenvalue weighted by Gasteiger charge is -2.29. The van der Waals surface area contributed by atoms with Crippen molar-refractivity contribution < 1.29 is 23.4 Å². The molecular formula is C24H23FN2O5. The van der Waals surface area contributed by atoms with E-state index >= 15 is 0 Å². The van der Waals surface area contributed by atoms with Crippen LogP contribution in [0.25, 0.3) is 11.0 Å². The van der Waals surface area contributed by atoms with Crippen LogP contribution in [0, 0.1) is 5.82 Å². The number of nitrogens with zero attached hydrogens (tertiary/aromatic N) is 2. The van der Waals surface area contributed by atoms with E-state index in [9.17, 15) is 19.1 Å². The Morgan fingerprint density at radius 1 is 1.06 bits per heavy atom. The van der Waals surface area contributed by atoms with Crippen molar-refractivity contribution in [1.29, 1.82) is 0 Å². The number of carbonyl (C=O) groups excluding carboxylic acids is 1. The first kappa shape index (κ1) is 20.7. The fourth-order valence-corrected chi connectivity index (χ4v) is 4.55. The highest BCUT2D eigenvalue weighted by Crippen LogP contribution is 2.39. The maximum absolute atomic E-state index is 13.8. The Labute approximate surface area is 183 Å². The topological polar surface area (TPSA) is 83.2 Å². The molecule has 0 bridgehead atoms. The number of benzene rings is 2. The summed E-state index contributed by atoms with van der Waals surface area (Å²) >= 11 is 0. The number of carbonyl (C=O) groups is 1. The zero-order valence-corrected chi connectivity index (χ0v) is 17.4. The lowest BCUT2D eigenvalue weighted by atomic mass is 9.98. The first-order chi connectivity index (χ1) is 15.5. The number of phenolic OH excluding ortho intramolecular Hbond substituents is 1. The molecule has 3 aromatic rings. The van der Waals surface area contributed by atoms with Crippen molar-refractivity contribution in [3.05, 3.63) is 75.4 Å². The third kappa shape index (κ3) is 3.65. The zero-order chi connectivity index (χ0) is 22.2. The molecule has 1 N–H and O–H groups in total. The molecule has 1 atom stereocenters. The molecule has 2 aliphatic rings. The molecule has 7 nitrogen and oxygen atoms in total. The summed E-state index contributed by atoms with van der Waals surface area (Å²) in [5.74, 6) is -0.911. The van der Waals surface area contributed by atoms with Gasteiger partial charge in [0, 0.05) is 26.2 Å². The minimum Gasteiger partial charge on any atom is -0.508 e. The van der Waals surface area contributed by atoms with Gasteiger partial charge >= 0.3 is 0 Å². The van der Waals surface area contributed by atoms with Gasteiger partial charge in [-0.25, -0.2) is 4.39 Å². The molecule has 2 aliphatic heterocycles.